The summed E-state index contributed by atoms with van der Waals surface area (Å²) in [6.07, 6.45) is 5.77. The van der Waals surface area contributed by atoms with E-state index in [0.29, 0.717) is 11.7 Å². The van der Waals surface area contributed by atoms with E-state index in [1.165, 1.54) is 0 Å². The standard InChI is InChI=1S/C26H25N5OS/c1-18-8-13-23(28-16-18)30-15-5-7-22(30)25-24(21-6-3-4-14-27-21)29-26(33)31(25)17-19-9-11-20(32-2)12-10-19/h3-16,24-25H,17H2,1-2H3,(H,29,33)/t24-,25-/m0/s1. The second-order valence-corrected chi connectivity index (χ2v) is 8.49. The predicted molar refractivity (Wildman–Crippen MR) is 132 cm³/mol. The molecule has 0 amide bonds. The van der Waals surface area contributed by atoms with Crippen LogP contribution in [0.3, 0.4) is 0 Å². The monoisotopic (exact) mass is 455 g/mol. The maximum absolute atomic E-state index is 5.83. The number of ether oxygens (including phenoxy) is 1. The van der Waals surface area contributed by atoms with E-state index in [2.05, 4.69) is 61.3 Å². The van der Waals surface area contributed by atoms with Crippen LogP contribution in [-0.4, -0.2) is 31.7 Å². The Morgan fingerprint density at radius 1 is 1.00 bits per heavy atom. The molecule has 0 aliphatic carbocycles. The number of pyridine rings is 2. The first kappa shape index (κ1) is 21.2. The maximum Gasteiger partial charge on any atom is 0.170 e. The molecule has 3 aromatic heterocycles. The quantitative estimate of drug-likeness (QED) is 0.423. The molecule has 4 aromatic rings. The van der Waals surface area contributed by atoms with Gasteiger partial charge in [0.05, 0.1) is 24.9 Å². The molecule has 6 nitrogen and oxygen atoms in total. The molecule has 5 rings (SSSR count). The van der Waals surface area contributed by atoms with E-state index >= 15 is 0 Å². The number of benzene rings is 1. The number of methoxy groups -OCH3 is 1. The molecule has 0 radical (unpaired) electrons. The number of thiocarbonyl (C=S) groups is 1. The van der Waals surface area contributed by atoms with Crippen molar-refractivity contribution in [2.45, 2.75) is 25.6 Å². The fourth-order valence-corrected chi connectivity index (χ4v) is 4.58. The van der Waals surface area contributed by atoms with Gasteiger partial charge in [0, 0.05) is 30.8 Å². The molecule has 1 aliphatic rings. The van der Waals surface area contributed by atoms with Gasteiger partial charge in [-0.2, -0.15) is 0 Å². The van der Waals surface area contributed by atoms with Crippen molar-refractivity contribution in [3.63, 3.8) is 0 Å². The first-order valence-electron chi connectivity index (χ1n) is 10.9. The Morgan fingerprint density at radius 2 is 1.85 bits per heavy atom. The van der Waals surface area contributed by atoms with E-state index < -0.39 is 0 Å². The Morgan fingerprint density at radius 3 is 2.55 bits per heavy atom. The molecule has 166 valence electrons. The van der Waals surface area contributed by atoms with Crippen LogP contribution in [-0.2, 0) is 6.54 Å². The molecule has 1 aliphatic heterocycles. The van der Waals surface area contributed by atoms with Crippen molar-refractivity contribution in [1.82, 2.24) is 24.8 Å². The third-order valence-corrected chi connectivity index (χ3v) is 6.29. The van der Waals surface area contributed by atoms with Crippen LogP contribution in [0, 0.1) is 6.92 Å². The Labute approximate surface area is 198 Å². The van der Waals surface area contributed by atoms with Gasteiger partial charge >= 0.3 is 0 Å². The lowest BCUT2D eigenvalue weighted by Gasteiger charge is -2.29. The average molecular weight is 456 g/mol. The van der Waals surface area contributed by atoms with E-state index in [4.69, 9.17) is 17.0 Å². The summed E-state index contributed by atoms with van der Waals surface area (Å²) < 4.78 is 7.45. The minimum absolute atomic E-state index is 0.0624. The van der Waals surface area contributed by atoms with E-state index in [0.717, 1.165) is 34.1 Å². The fraction of sp³-hybridized carbons (Fsp3) is 0.192. The summed E-state index contributed by atoms with van der Waals surface area (Å²) in [6.45, 7) is 2.71. The van der Waals surface area contributed by atoms with Gasteiger partial charge in [0.15, 0.2) is 5.11 Å². The maximum atomic E-state index is 5.83. The van der Waals surface area contributed by atoms with E-state index in [9.17, 15) is 0 Å². The van der Waals surface area contributed by atoms with E-state index in [-0.39, 0.29) is 12.1 Å². The summed E-state index contributed by atoms with van der Waals surface area (Å²) in [5, 5.41) is 4.23. The zero-order valence-corrected chi connectivity index (χ0v) is 19.4. The molecule has 1 N–H and O–H groups in total. The van der Waals surface area contributed by atoms with Gasteiger partial charge < -0.3 is 19.5 Å². The van der Waals surface area contributed by atoms with Crippen LogP contribution in [0.2, 0.25) is 0 Å². The normalized spacial score (nSPS) is 17.8. The highest BCUT2D eigenvalue weighted by molar-refractivity contribution is 7.80. The SMILES string of the molecule is COc1ccc(CN2C(=S)N[C@@H](c3ccccn3)[C@@H]2c2cccn2-c2ccc(C)cn2)cc1. The molecule has 1 saturated heterocycles. The lowest BCUT2D eigenvalue weighted by molar-refractivity contribution is 0.302. The topological polar surface area (TPSA) is 55.2 Å². The molecule has 1 fully saturated rings. The number of aromatic nitrogens is 3. The Hall–Kier alpha value is -3.71. The Kier molecular flexibility index (Phi) is 5.79. The largest absolute Gasteiger partial charge is 0.497 e. The van der Waals surface area contributed by atoms with Crippen LogP contribution >= 0.6 is 12.2 Å². The van der Waals surface area contributed by atoms with E-state index in [1.807, 2.05) is 55.7 Å². The highest BCUT2D eigenvalue weighted by Gasteiger charge is 2.41. The molecule has 2 atom stereocenters. The fourth-order valence-electron chi connectivity index (χ4n) is 4.27. The van der Waals surface area contributed by atoms with Gasteiger partial charge in [-0.05, 0) is 72.7 Å². The molecule has 7 heteroatoms. The summed E-state index contributed by atoms with van der Waals surface area (Å²) >= 11 is 5.83. The van der Waals surface area contributed by atoms with Gasteiger partial charge in [0.2, 0.25) is 0 Å². The van der Waals surface area contributed by atoms with Crippen molar-refractivity contribution >= 4 is 17.3 Å². The molecular weight excluding hydrogens is 430 g/mol. The van der Waals surface area contributed by atoms with Crippen LogP contribution in [0.25, 0.3) is 5.82 Å². The highest BCUT2D eigenvalue weighted by atomic mass is 32.1. The summed E-state index contributed by atoms with van der Waals surface area (Å²) in [4.78, 5) is 11.5. The number of nitrogens with zero attached hydrogens (tertiary/aromatic N) is 4. The van der Waals surface area contributed by atoms with Gasteiger partial charge in [0.1, 0.15) is 11.6 Å². The van der Waals surface area contributed by atoms with Gasteiger partial charge in [0.25, 0.3) is 0 Å². The second kappa shape index (κ2) is 9.03. The van der Waals surface area contributed by atoms with Crippen molar-refractivity contribution in [2.24, 2.45) is 0 Å². The van der Waals surface area contributed by atoms with Crippen molar-refractivity contribution in [2.75, 3.05) is 7.11 Å². The average Bonchev–Trinajstić information content (AvgIpc) is 3.45. The zero-order chi connectivity index (χ0) is 22.8. The molecule has 33 heavy (non-hydrogen) atoms. The minimum atomic E-state index is -0.0870. The van der Waals surface area contributed by atoms with Crippen LogP contribution in [0.4, 0.5) is 0 Å². The van der Waals surface area contributed by atoms with Crippen molar-refractivity contribution in [3.8, 4) is 11.6 Å². The molecule has 0 saturated carbocycles. The van der Waals surface area contributed by atoms with Gasteiger partial charge in [-0.25, -0.2) is 4.98 Å². The highest BCUT2D eigenvalue weighted by Crippen LogP contribution is 2.40. The number of nitrogens with one attached hydrogen (secondary N) is 1. The minimum Gasteiger partial charge on any atom is -0.497 e. The smallest absolute Gasteiger partial charge is 0.170 e. The number of rotatable bonds is 6. The summed E-state index contributed by atoms with van der Waals surface area (Å²) in [7, 11) is 1.68. The van der Waals surface area contributed by atoms with Crippen LogP contribution < -0.4 is 10.1 Å². The third-order valence-electron chi connectivity index (χ3n) is 5.94. The van der Waals surface area contributed by atoms with Crippen molar-refractivity contribution in [1.29, 1.82) is 0 Å². The Bertz CT molecular complexity index is 1240. The molecule has 4 heterocycles. The second-order valence-electron chi connectivity index (χ2n) is 8.10. The summed E-state index contributed by atoms with van der Waals surface area (Å²) in [6, 6.07) is 22.3. The van der Waals surface area contributed by atoms with E-state index in [1.54, 1.807) is 7.11 Å². The van der Waals surface area contributed by atoms with Crippen LogP contribution in [0.1, 0.15) is 34.6 Å². The van der Waals surface area contributed by atoms with Crippen LogP contribution in [0.5, 0.6) is 5.75 Å². The van der Waals surface area contributed by atoms with Crippen LogP contribution in [0.15, 0.2) is 85.3 Å². The lowest BCUT2D eigenvalue weighted by atomic mass is 10.0. The first-order chi connectivity index (χ1) is 16.1. The van der Waals surface area contributed by atoms with Gasteiger partial charge in [-0.1, -0.05) is 24.3 Å². The molecule has 0 unspecified atom stereocenters. The van der Waals surface area contributed by atoms with Crippen molar-refractivity contribution in [3.05, 3.63) is 108 Å². The summed E-state index contributed by atoms with van der Waals surface area (Å²) in [5.74, 6) is 1.71. The number of aryl methyl sites for hydroxylation is 1. The van der Waals surface area contributed by atoms with Crippen molar-refractivity contribution < 1.29 is 4.74 Å². The molecule has 0 spiro atoms. The zero-order valence-electron chi connectivity index (χ0n) is 18.6. The first-order valence-corrected chi connectivity index (χ1v) is 11.3. The number of hydrogen-bond acceptors (Lipinski definition) is 4. The Balaban J connectivity index is 1.57. The lowest BCUT2D eigenvalue weighted by Crippen LogP contribution is -2.30. The third kappa shape index (κ3) is 4.19. The molecule has 0 bridgehead atoms. The molecule has 1 aromatic carbocycles. The summed E-state index contributed by atoms with van der Waals surface area (Å²) in [5.41, 5.74) is 4.33. The van der Waals surface area contributed by atoms with Gasteiger partial charge in [-0.15, -0.1) is 0 Å². The predicted octanol–water partition coefficient (Wildman–Crippen LogP) is 4.76. The van der Waals surface area contributed by atoms with Gasteiger partial charge in [-0.3, -0.25) is 4.98 Å². The number of hydrogen-bond donors (Lipinski definition) is 1. The molecular formula is C26H25N5OS.